The van der Waals surface area contributed by atoms with Crippen LogP contribution in [0.15, 0.2) is 9.98 Å². The maximum absolute atomic E-state index is 10.9. The number of aliphatic hydroxyl groups excluding tert-OH is 1. The summed E-state index contributed by atoms with van der Waals surface area (Å²) in [6, 6.07) is 0. The Morgan fingerprint density at radius 2 is 1.31 bits per heavy atom. The van der Waals surface area contributed by atoms with Crippen molar-refractivity contribution >= 4 is 57.4 Å². The van der Waals surface area contributed by atoms with Crippen molar-refractivity contribution in [1.29, 1.82) is 2.56 Å². The number of aliphatic imine (C=N–C) groups is 2. The molecule has 0 aliphatic heterocycles. The Morgan fingerprint density at radius 3 is 1.69 bits per heavy atom. The molecule has 0 rings (SSSR count). The molecule has 6 unspecified atom stereocenters. The number of nitrogens with zero attached hydrogens (tertiary/aromatic N) is 2. The van der Waals surface area contributed by atoms with Gasteiger partial charge in [0, 0.05) is 83.7 Å². The van der Waals surface area contributed by atoms with Crippen molar-refractivity contribution in [3.63, 3.8) is 0 Å². The molecule has 4 N–H and O–H groups in total. The molecule has 16 nitrogen and oxygen atoms in total. The number of carbonyl (C=O) groups is 2. The molecule has 0 aromatic carbocycles. The van der Waals surface area contributed by atoms with Crippen LogP contribution in [0.2, 0.25) is 0 Å². The zero-order chi connectivity index (χ0) is 46.3. The van der Waals surface area contributed by atoms with Gasteiger partial charge in [-0.3, -0.25) is 9.59 Å². The van der Waals surface area contributed by atoms with Gasteiger partial charge in [0.1, 0.15) is 6.79 Å². The lowest BCUT2D eigenvalue weighted by Crippen LogP contribution is -2.34. The molecule has 360 valence electrons. The standard InChI is InChI=1S/C13H26N2O2.C11H18N2O2.C5H12O2.C4H12O3P2.C2H6O.CH6O2P2.3CH4/c1-10(6-7-14-11(2)16)8-13(4,5)9-15-12(3)17;1-10(4-5-12-8-14)6-11(2,3)7-13-9-15;1-6-4-3-5-7-2;1-5-3-7-9-8-4-6-2;1-2-3;1-4-5-3-2;;;/h10H,6-9H2,1-5H3,(H,14,16)(H,15,17);10H,4-7H2,1-3H3;3-5H2,1-2H3;8-9H,3-4H2,1-2H3;3H,2H2,1H3;2,4-5H,1H3;3*1H4/i;;;8D;;4D;;;. The van der Waals surface area contributed by atoms with Crippen molar-refractivity contribution in [2.75, 3.05) is 94.2 Å². The van der Waals surface area contributed by atoms with Crippen molar-refractivity contribution < 1.29 is 57.7 Å². The van der Waals surface area contributed by atoms with Crippen LogP contribution in [0.1, 0.15) is 117 Å². The zero-order valence-corrected chi connectivity index (χ0v) is 40.6. The van der Waals surface area contributed by atoms with Crippen molar-refractivity contribution in [2.24, 2.45) is 32.7 Å². The number of ether oxygens (including phenoxy) is 4. The van der Waals surface area contributed by atoms with E-state index >= 15 is 0 Å². The molecule has 0 heterocycles. The molecule has 0 aromatic heterocycles. The molecule has 0 spiro atoms. The van der Waals surface area contributed by atoms with Gasteiger partial charge in [0.15, 0.2) is 0 Å². The van der Waals surface area contributed by atoms with Crippen molar-refractivity contribution in [3.05, 3.63) is 0 Å². The highest BCUT2D eigenvalue weighted by Crippen LogP contribution is 2.36. The third-order valence-electron chi connectivity index (χ3n) is 6.33. The minimum absolute atomic E-state index is 0. The first-order chi connectivity index (χ1) is 27.1. The third-order valence-corrected chi connectivity index (χ3v) is 9.31. The number of hydrogen-bond donors (Lipinski definition) is 4. The molecule has 0 aliphatic carbocycles. The van der Waals surface area contributed by atoms with Crippen molar-refractivity contribution in [2.45, 2.75) is 117 Å². The molecule has 0 saturated carbocycles. The predicted octanol–water partition coefficient (Wildman–Crippen LogP) is 9.07. The molecule has 0 radical (unpaired) electrons. The van der Waals surface area contributed by atoms with Crippen molar-refractivity contribution in [1.82, 2.24) is 10.6 Å². The highest BCUT2D eigenvalue weighted by atomic mass is 32.0. The van der Waals surface area contributed by atoms with Gasteiger partial charge in [0.25, 0.3) is 0 Å². The molecule has 0 aliphatic rings. The van der Waals surface area contributed by atoms with Gasteiger partial charge in [-0.2, -0.15) is 0 Å². The second kappa shape index (κ2) is 63.7. The minimum Gasteiger partial charge on any atom is -0.397 e. The Bertz CT molecular complexity index is 1000. The minimum atomic E-state index is -0.839. The summed E-state index contributed by atoms with van der Waals surface area (Å²) in [6.45, 7) is 23.8. The van der Waals surface area contributed by atoms with Gasteiger partial charge in [-0.05, 0) is 76.6 Å². The maximum atomic E-state index is 10.9. The predicted molar refractivity (Wildman–Crippen MR) is 257 cm³/mol. The quantitative estimate of drug-likeness (QED) is 0.0122. The molecule has 2 amide bonds. The number of methoxy groups -OCH3 is 4. The SMILES string of the molecule is C.C.C.CC(=O)NCCC(C)CC(C)(C)CNC(C)=O.CC(CCN=C=O)CC(C)(C)CN=C=O.CCO.COCCCOC.[2H]P(C)POO.[2H]P(COC)POCOC. The topological polar surface area (TPSA) is 213 Å². The third kappa shape index (κ3) is 93.3. The second-order valence-corrected chi connectivity index (χ2v) is 18.8. The van der Waals surface area contributed by atoms with Gasteiger partial charge < -0.3 is 39.2 Å². The Morgan fingerprint density at radius 1 is 0.814 bits per heavy atom. The molecule has 0 fully saturated rings. The van der Waals surface area contributed by atoms with Gasteiger partial charge in [0.05, 0.1) is 30.5 Å². The first-order valence-electron chi connectivity index (χ1n) is 19.1. The summed E-state index contributed by atoms with van der Waals surface area (Å²) in [7, 11) is 5.06. The van der Waals surface area contributed by atoms with Crippen LogP contribution in [-0.4, -0.2) is 131 Å². The molecular formula is C39H92N4O12P4. The summed E-state index contributed by atoms with van der Waals surface area (Å²) in [4.78, 5) is 48.6. The average molecular weight is 935 g/mol. The first kappa shape index (κ1) is 72.5. The molecule has 20 heteroatoms. The van der Waals surface area contributed by atoms with E-state index in [9.17, 15) is 19.2 Å². The summed E-state index contributed by atoms with van der Waals surface area (Å²) in [6.07, 6.45) is 8.38. The number of nitrogens with one attached hydrogen (secondary N) is 2. The number of hydrogen-bond acceptors (Lipinski definition) is 14. The summed E-state index contributed by atoms with van der Waals surface area (Å²) >= 11 is 0. The van der Waals surface area contributed by atoms with E-state index < -0.39 is 16.4 Å². The molecule has 59 heavy (non-hydrogen) atoms. The van der Waals surface area contributed by atoms with Crippen LogP contribution in [0, 0.1) is 22.7 Å². The molecule has 6 atom stereocenters. The van der Waals surface area contributed by atoms with Crippen LogP contribution in [-0.2, 0) is 47.3 Å². The second-order valence-electron chi connectivity index (χ2n) is 13.6. The van der Waals surface area contributed by atoms with Gasteiger partial charge in [-0.1, -0.05) is 72.0 Å². The van der Waals surface area contributed by atoms with Crippen LogP contribution in [0.4, 0.5) is 0 Å². The van der Waals surface area contributed by atoms with E-state index in [1.54, 1.807) is 48.1 Å². The van der Waals surface area contributed by atoms with E-state index in [1.807, 2.05) is 0 Å². The summed E-state index contributed by atoms with van der Waals surface area (Å²) < 4.78 is 41.7. The monoisotopic (exact) mass is 935 g/mol. The van der Waals surface area contributed by atoms with Crippen LogP contribution in [0.5, 0.6) is 0 Å². The van der Waals surface area contributed by atoms with E-state index in [0.717, 1.165) is 51.9 Å². The van der Waals surface area contributed by atoms with Gasteiger partial charge >= 0.3 is 0 Å². The van der Waals surface area contributed by atoms with E-state index in [0.29, 0.717) is 37.8 Å². The fraction of sp³-hybridized carbons (Fsp3) is 0.897. The van der Waals surface area contributed by atoms with E-state index in [2.05, 4.69) is 71.6 Å². The Labute approximate surface area is 371 Å². The lowest BCUT2D eigenvalue weighted by atomic mass is 9.82. The first-order valence-corrected chi connectivity index (χ1v) is 24.1. The highest BCUT2D eigenvalue weighted by molar-refractivity contribution is 8.09. The largest absolute Gasteiger partial charge is 0.397 e. The molecule has 0 saturated heterocycles. The lowest BCUT2D eigenvalue weighted by molar-refractivity contribution is -0.120. The number of rotatable bonds is 26. The van der Waals surface area contributed by atoms with Crippen LogP contribution < -0.4 is 10.6 Å². The Balaban J connectivity index is -0.0000000803. The van der Waals surface area contributed by atoms with E-state index in [1.165, 1.54) is 19.9 Å². The summed E-state index contributed by atoms with van der Waals surface area (Å²) in [5.74, 6) is 1.03. The maximum Gasteiger partial charge on any atom is 0.234 e. The lowest BCUT2D eigenvalue weighted by Gasteiger charge is -2.28. The molecule has 0 bridgehead atoms. The van der Waals surface area contributed by atoms with Gasteiger partial charge in [-0.15, -0.1) is 0 Å². The van der Waals surface area contributed by atoms with E-state index in [4.69, 9.17) is 31.7 Å². The van der Waals surface area contributed by atoms with Gasteiger partial charge in [0.2, 0.25) is 24.0 Å². The zero-order valence-electron chi connectivity index (χ0n) is 38.8. The normalized spacial score (nSPS) is 12.5. The average Bonchev–Trinajstić information content (AvgIpc) is 3.11. The van der Waals surface area contributed by atoms with Crippen LogP contribution >= 0.6 is 33.4 Å². The fourth-order valence-corrected chi connectivity index (χ4v) is 6.02. The fourth-order valence-electron chi connectivity index (χ4n) is 4.27. The molecule has 0 aromatic rings. The van der Waals surface area contributed by atoms with Crippen LogP contribution in [0.25, 0.3) is 0 Å². The number of aliphatic hydroxyl groups is 1. The van der Waals surface area contributed by atoms with Crippen LogP contribution in [0.3, 0.4) is 0 Å². The number of isocyanates is 2. The highest BCUT2D eigenvalue weighted by Gasteiger charge is 2.22. The van der Waals surface area contributed by atoms with Gasteiger partial charge in [-0.25, -0.2) is 29.5 Å². The van der Waals surface area contributed by atoms with E-state index in [-0.39, 0.29) is 75.3 Å². The smallest absolute Gasteiger partial charge is 0.234 e. The van der Waals surface area contributed by atoms with Crippen molar-refractivity contribution in [3.8, 4) is 0 Å². The Kier molecular flexibility index (Phi) is 78.4. The number of amides is 2. The molecular weight excluding hydrogens is 840 g/mol. The Hall–Kier alpha value is -0.900. The summed E-state index contributed by atoms with van der Waals surface area (Å²) in [5.41, 5.74) is 0.100. The number of carbonyl (C=O) groups excluding carboxylic acids is 4. The summed E-state index contributed by atoms with van der Waals surface area (Å²) in [5, 5.41) is 20.9.